The molecule has 15 heavy (non-hydrogen) atoms. The van der Waals surface area contributed by atoms with E-state index in [9.17, 15) is 4.79 Å². The Balaban J connectivity index is 3.12. The van der Waals surface area contributed by atoms with Crippen LogP contribution in [-0.4, -0.2) is 26.5 Å². The standard InChI is InChI=1S/C11H11NO3/c1-12-7-10(13)9-6-8(14-2)4-5-11(9)15-3/h4-6H,7H2,2-3H3. The average molecular weight is 205 g/mol. The molecule has 0 unspecified atom stereocenters. The predicted molar refractivity (Wildman–Crippen MR) is 55.3 cm³/mol. The van der Waals surface area contributed by atoms with Crippen LogP contribution in [0.5, 0.6) is 11.5 Å². The van der Waals surface area contributed by atoms with E-state index >= 15 is 0 Å². The quantitative estimate of drug-likeness (QED) is 0.556. The smallest absolute Gasteiger partial charge is 0.276 e. The van der Waals surface area contributed by atoms with E-state index in [4.69, 9.17) is 16.0 Å². The summed E-state index contributed by atoms with van der Waals surface area (Å²) in [5, 5.41) is 0. The fourth-order valence-corrected chi connectivity index (χ4v) is 1.19. The highest BCUT2D eigenvalue weighted by Crippen LogP contribution is 2.24. The van der Waals surface area contributed by atoms with Crippen molar-refractivity contribution in [2.24, 2.45) is 0 Å². The number of hydrogen-bond acceptors (Lipinski definition) is 3. The number of ketones is 1. The van der Waals surface area contributed by atoms with Gasteiger partial charge in [0.25, 0.3) is 6.54 Å². The normalized spacial score (nSPS) is 9.13. The number of hydrogen-bond donors (Lipinski definition) is 0. The van der Waals surface area contributed by atoms with Crippen molar-refractivity contribution in [3.63, 3.8) is 0 Å². The van der Waals surface area contributed by atoms with Crippen molar-refractivity contribution in [2.45, 2.75) is 0 Å². The zero-order chi connectivity index (χ0) is 11.3. The average Bonchev–Trinajstić information content (AvgIpc) is 2.28. The highest BCUT2D eigenvalue weighted by Gasteiger charge is 2.15. The van der Waals surface area contributed by atoms with E-state index < -0.39 is 0 Å². The summed E-state index contributed by atoms with van der Waals surface area (Å²) < 4.78 is 10.0. The van der Waals surface area contributed by atoms with Gasteiger partial charge in [-0.25, -0.2) is 6.57 Å². The van der Waals surface area contributed by atoms with E-state index in [1.807, 2.05) is 0 Å². The number of nitrogens with zero attached hydrogens (tertiary/aromatic N) is 1. The van der Waals surface area contributed by atoms with Gasteiger partial charge in [-0.05, 0) is 18.2 Å². The lowest BCUT2D eigenvalue weighted by molar-refractivity contribution is 0.101. The molecule has 0 saturated carbocycles. The molecule has 4 nitrogen and oxygen atoms in total. The summed E-state index contributed by atoms with van der Waals surface area (Å²) in [5.74, 6) is 0.773. The molecular weight excluding hydrogens is 194 g/mol. The van der Waals surface area contributed by atoms with Crippen LogP contribution in [0.25, 0.3) is 4.85 Å². The Morgan fingerprint density at radius 2 is 2.13 bits per heavy atom. The third kappa shape index (κ3) is 2.47. The number of benzene rings is 1. The van der Waals surface area contributed by atoms with Gasteiger partial charge in [0.2, 0.25) is 5.78 Å². The molecular formula is C11H11NO3. The van der Waals surface area contributed by atoms with E-state index in [0.717, 1.165) is 0 Å². The van der Waals surface area contributed by atoms with Gasteiger partial charge in [-0.2, -0.15) is 0 Å². The molecule has 78 valence electrons. The third-order valence-corrected chi connectivity index (χ3v) is 1.93. The maximum absolute atomic E-state index is 11.5. The van der Waals surface area contributed by atoms with E-state index in [0.29, 0.717) is 17.1 Å². The summed E-state index contributed by atoms with van der Waals surface area (Å²) in [6.07, 6.45) is 0. The largest absolute Gasteiger partial charge is 0.497 e. The van der Waals surface area contributed by atoms with Gasteiger partial charge in [-0.15, -0.1) is 0 Å². The van der Waals surface area contributed by atoms with Gasteiger partial charge in [0.15, 0.2) is 0 Å². The summed E-state index contributed by atoms with van der Waals surface area (Å²) in [5.41, 5.74) is 0.382. The second kappa shape index (κ2) is 5.01. The molecule has 0 aliphatic heterocycles. The minimum absolute atomic E-state index is 0.177. The lowest BCUT2D eigenvalue weighted by atomic mass is 10.1. The minimum atomic E-state index is -0.263. The van der Waals surface area contributed by atoms with Gasteiger partial charge in [0.1, 0.15) is 11.5 Å². The van der Waals surface area contributed by atoms with Crippen molar-refractivity contribution in [2.75, 3.05) is 20.8 Å². The van der Waals surface area contributed by atoms with Crippen LogP contribution in [0.15, 0.2) is 18.2 Å². The van der Waals surface area contributed by atoms with Crippen LogP contribution >= 0.6 is 0 Å². The lowest BCUT2D eigenvalue weighted by Gasteiger charge is -2.07. The highest BCUT2D eigenvalue weighted by atomic mass is 16.5. The van der Waals surface area contributed by atoms with Crippen molar-refractivity contribution in [3.05, 3.63) is 35.2 Å². The van der Waals surface area contributed by atoms with Gasteiger partial charge >= 0.3 is 0 Å². The third-order valence-electron chi connectivity index (χ3n) is 1.93. The Labute approximate surface area is 88.2 Å². The van der Waals surface area contributed by atoms with Gasteiger partial charge in [0.05, 0.1) is 19.8 Å². The Morgan fingerprint density at radius 3 is 2.67 bits per heavy atom. The topological polar surface area (TPSA) is 39.9 Å². The van der Waals surface area contributed by atoms with Crippen molar-refractivity contribution in [1.29, 1.82) is 0 Å². The number of carbonyl (C=O) groups is 1. The maximum Gasteiger partial charge on any atom is 0.276 e. The minimum Gasteiger partial charge on any atom is -0.497 e. The molecule has 0 amide bonds. The predicted octanol–water partition coefficient (Wildman–Crippen LogP) is 1.81. The molecule has 1 rings (SSSR count). The van der Waals surface area contributed by atoms with E-state index in [1.54, 1.807) is 18.2 Å². The number of Topliss-reactive ketones (excluding diaryl/α,β-unsaturated/α-hetero) is 1. The van der Waals surface area contributed by atoms with Crippen molar-refractivity contribution < 1.29 is 14.3 Å². The molecule has 4 heteroatoms. The monoisotopic (exact) mass is 205 g/mol. The van der Waals surface area contributed by atoms with Crippen LogP contribution in [-0.2, 0) is 0 Å². The number of ether oxygens (including phenoxy) is 2. The molecule has 0 aliphatic carbocycles. The number of methoxy groups -OCH3 is 2. The molecule has 1 aromatic rings. The first-order chi connectivity index (χ1) is 7.22. The summed E-state index contributed by atoms with van der Waals surface area (Å²) in [4.78, 5) is 14.6. The molecule has 0 spiro atoms. The van der Waals surface area contributed by atoms with E-state index in [2.05, 4.69) is 4.85 Å². The van der Waals surface area contributed by atoms with Crippen LogP contribution in [0.4, 0.5) is 0 Å². The first kappa shape index (κ1) is 11.1. The first-order valence-corrected chi connectivity index (χ1v) is 4.31. The van der Waals surface area contributed by atoms with Crippen molar-refractivity contribution in [3.8, 4) is 11.5 Å². The number of carbonyl (C=O) groups excluding carboxylic acids is 1. The zero-order valence-electron chi connectivity index (χ0n) is 8.61. The summed E-state index contributed by atoms with van der Waals surface area (Å²) >= 11 is 0. The van der Waals surface area contributed by atoms with Crippen LogP contribution in [0, 0.1) is 6.57 Å². The molecule has 0 saturated heterocycles. The van der Waals surface area contributed by atoms with Crippen LogP contribution in [0.2, 0.25) is 0 Å². The molecule has 0 aliphatic rings. The van der Waals surface area contributed by atoms with Gasteiger partial charge in [-0.1, -0.05) is 0 Å². The van der Waals surface area contributed by atoms with E-state index in [-0.39, 0.29) is 12.3 Å². The van der Waals surface area contributed by atoms with Gasteiger partial charge in [0, 0.05) is 0 Å². The van der Waals surface area contributed by atoms with Crippen LogP contribution in [0.1, 0.15) is 10.4 Å². The molecule has 0 fully saturated rings. The zero-order valence-corrected chi connectivity index (χ0v) is 8.61. The van der Waals surface area contributed by atoms with Crippen LogP contribution in [0.3, 0.4) is 0 Å². The fraction of sp³-hybridized carbons (Fsp3) is 0.273. The molecule has 0 radical (unpaired) electrons. The molecule has 0 atom stereocenters. The number of rotatable bonds is 4. The van der Waals surface area contributed by atoms with E-state index in [1.165, 1.54) is 14.2 Å². The second-order valence-electron chi connectivity index (χ2n) is 2.81. The Bertz CT molecular complexity index is 407. The summed E-state index contributed by atoms with van der Waals surface area (Å²) in [6.45, 7) is 6.46. The maximum atomic E-state index is 11.5. The Hall–Kier alpha value is -2.02. The molecule has 1 aromatic carbocycles. The lowest BCUT2D eigenvalue weighted by Crippen LogP contribution is -2.05. The highest BCUT2D eigenvalue weighted by molar-refractivity contribution is 6.01. The van der Waals surface area contributed by atoms with Gasteiger partial charge in [-0.3, -0.25) is 4.79 Å². The Morgan fingerprint density at radius 1 is 1.40 bits per heavy atom. The second-order valence-corrected chi connectivity index (χ2v) is 2.81. The fourth-order valence-electron chi connectivity index (χ4n) is 1.19. The molecule has 0 bridgehead atoms. The molecule has 0 heterocycles. The summed E-state index contributed by atoms with van der Waals surface area (Å²) in [7, 11) is 3.00. The SMILES string of the molecule is [C-]#[N+]CC(=O)c1cc(OC)ccc1OC. The summed E-state index contributed by atoms with van der Waals surface area (Å²) in [6, 6.07) is 4.93. The molecule has 0 aromatic heterocycles. The Kier molecular flexibility index (Phi) is 3.69. The van der Waals surface area contributed by atoms with Crippen molar-refractivity contribution in [1.82, 2.24) is 0 Å². The van der Waals surface area contributed by atoms with Crippen molar-refractivity contribution >= 4 is 5.78 Å². The van der Waals surface area contributed by atoms with Crippen LogP contribution < -0.4 is 9.47 Å². The molecule has 0 N–H and O–H groups in total. The van der Waals surface area contributed by atoms with Gasteiger partial charge < -0.3 is 14.3 Å². The first-order valence-electron chi connectivity index (χ1n) is 4.31.